The molecule has 1 aromatic heterocycles. The van der Waals surface area contributed by atoms with Crippen molar-refractivity contribution < 1.29 is 14.5 Å². The summed E-state index contributed by atoms with van der Waals surface area (Å²) in [4.78, 5) is 22.6. The van der Waals surface area contributed by atoms with Gasteiger partial charge in [0.1, 0.15) is 11.6 Å². The van der Waals surface area contributed by atoms with Gasteiger partial charge in [0.05, 0.1) is 17.8 Å². The number of thioether (sulfide) groups is 1. The van der Waals surface area contributed by atoms with Gasteiger partial charge in [0.2, 0.25) is 5.91 Å². The molecule has 0 saturated carbocycles. The average molecular weight is 427 g/mol. The van der Waals surface area contributed by atoms with Crippen LogP contribution in [0.3, 0.4) is 0 Å². The number of hydrogen-bond donors (Lipinski definition) is 1. The highest BCUT2D eigenvalue weighted by molar-refractivity contribution is 7.99. The summed E-state index contributed by atoms with van der Waals surface area (Å²) in [6, 6.07) is 13.6. The van der Waals surface area contributed by atoms with Crippen molar-refractivity contribution in [3.05, 3.63) is 70.0 Å². The summed E-state index contributed by atoms with van der Waals surface area (Å²) >= 11 is 1.27. The summed E-state index contributed by atoms with van der Waals surface area (Å²) in [6.45, 7) is 2.67. The van der Waals surface area contributed by atoms with Crippen molar-refractivity contribution in [3.63, 3.8) is 0 Å². The molecule has 2 aromatic carbocycles. The first-order chi connectivity index (χ1) is 14.5. The number of nitrogens with zero attached hydrogens (tertiary/aromatic N) is 4. The number of nitro groups is 1. The van der Waals surface area contributed by atoms with Gasteiger partial charge in [0.25, 0.3) is 5.69 Å². The minimum atomic E-state index is -0.502. The quantitative estimate of drug-likeness (QED) is 0.316. The summed E-state index contributed by atoms with van der Waals surface area (Å²) < 4.78 is 7.14. The summed E-state index contributed by atoms with van der Waals surface area (Å²) in [5, 5.41) is 22.7. The Kier molecular flexibility index (Phi) is 7.02. The minimum absolute atomic E-state index is 0.0747. The predicted octanol–water partition coefficient (Wildman–Crippen LogP) is 3.54. The zero-order valence-corrected chi connectivity index (χ0v) is 17.4. The highest BCUT2D eigenvalue weighted by atomic mass is 32.2. The van der Waals surface area contributed by atoms with E-state index in [-0.39, 0.29) is 17.3 Å². The van der Waals surface area contributed by atoms with E-state index in [9.17, 15) is 14.9 Å². The molecule has 1 amide bonds. The van der Waals surface area contributed by atoms with Gasteiger partial charge in [-0.3, -0.25) is 14.9 Å². The molecule has 0 unspecified atom stereocenters. The van der Waals surface area contributed by atoms with Crippen LogP contribution in [-0.2, 0) is 17.8 Å². The molecule has 9 nitrogen and oxygen atoms in total. The van der Waals surface area contributed by atoms with Gasteiger partial charge in [-0.25, -0.2) is 0 Å². The second kappa shape index (κ2) is 9.88. The van der Waals surface area contributed by atoms with Gasteiger partial charge in [0, 0.05) is 30.8 Å². The smallest absolute Gasteiger partial charge is 0.271 e. The van der Waals surface area contributed by atoms with Crippen LogP contribution in [0.5, 0.6) is 5.75 Å². The molecule has 3 rings (SSSR count). The number of aromatic nitrogens is 3. The second-order valence-electron chi connectivity index (χ2n) is 6.31. The highest BCUT2D eigenvalue weighted by Gasteiger charge is 2.14. The molecule has 10 heteroatoms. The number of carbonyl (C=O) groups excluding carboxylic acids is 1. The van der Waals surface area contributed by atoms with Crippen LogP contribution in [0.4, 0.5) is 11.4 Å². The van der Waals surface area contributed by atoms with E-state index in [2.05, 4.69) is 15.5 Å². The molecule has 3 aromatic rings. The molecule has 1 N–H and O–H groups in total. The van der Waals surface area contributed by atoms with Gasteiger partial charge < -0.3 is 14.6 Å². The van der Waals surface area contributed by atoms with E-state index in [4.69, 9.17) is 4.74 Å². The van der Waals surface area contributed by atoms with E-state index >= 15 is 0 Å². The third kappa shape index (κ3) is 5.35. The lowest BCUT2D eigenvalue weighted by molar-refractivity contribution is -0.384. The van der Waals surface area contributed by atoms with Crippen LogP contribution >= 0.6 is 11.8 Å². The third-order valence-corrected chi connectivity index (χ3v) is 5.27. The Bertz CT molecular complexity index is 1040. The van der Waals surface area contributed by atoms with E-state index in [1.54, 1.807) is 13.2 Å². The van der Waals surface area contributed by atoms with Crippen LogP contribution < -0.4 is 10.1 Å². The molecular weight excluding hydrogens is 406 g/mol. The Morgan fingerprint density at radius 2 is 2.00 bits per heavy atom. The molecule has 0 fully saturated rings. The molecule has 156 valence electrons. The second-order valence-corrected chi connectivity index (χ2v) is 7.25. The van der Waals surface area contributed by atoms with Crippen LogP contribution in [0.15, 0.2) is 53.7 Å². The number of benzene rings is 2. The Hall–Kier alpha value is -3.40. The van der Waals surface area contributed by atoms with Gasteiger partial charge in [0.15, 0.2) is 5.16 Å². The number of nitrogens with one attached hydrogen (secondary N) is 1. The lowest BCUT2D eigenvalue weighted by Gasteiger charge is -2.08. The monoisotopic (exact) mass is 427 g/mol. The zero-order chi connectivity index (χ0) is 21.5. The largest absolute Gasteiger partial charge is 0.497 e. The maximum absolute atomic E-state index is 12.3. The number of ether oxygens (including phenoxy) is 1. The van der Waals surface area contributed by atoms with E-state index in [1.807, 2.05) is 35.8 Å². The molecule has 0 aliphatic carbocycles. The van der Waals surface area contributed by atoms with Gasteiger partial charge >= 0.3 is 0 Å². The van der Waals surface area contributed by atoms with E-state index in [0.717, 1.165) is 17.1 Å². The van der Waals surface area contributed by atoms with Crippen LogP contribution in [0, 0.1) is 10.1 Å². The lowest BCUT2D eigenvalue weighted by atomic mass is 10.1. The lowest BCUT2D eigenvalue weighted by Crippen LogP contribution is -2.15. The number of anilines is 1. The molecule has 0 aliphatic heterocycles. The average Bonchev–Trinajstić information content (AvgIpc) is 3.14. The van der Waals surface area contributed by atoms with Gasteiger partial charge in [-0.05, 0) is 30.7 Å². The number of amides is 1. The molecule has 30 heavy (non-hydrogen) atoms. The van der Waals surface area contributed by atoms with Crippen LogP contribution in [0.25, 0.3) is 0 Å². The Labute approximate surface area is 177 Å². The molecule has 0 bridgehead atoms. The Balaban J connectivity index is 1.62. The highest BCUT2D eigenvalue weighted by Crippen LogP contribution is 2.21. The standard InChI is InChI=1S/C20H21N5O4S/c1-3-24-18(11-14-7-9-17(29-2)10-8-14)22-23-20(24)30-13-19(26)21-15-5-4-6-16(12-15)25(27)28/h4-10,12H,3,11,13H2,1-2H3,(H,21,26). The summed E-state index contributed by atoms with van der Waals surface area (Å²) in [5.41, 5.74) is 1.39. The number of carbonyl (C=O) groups is 1. The molecule has 0 radical (unpaired) electrons. The van der Waals surface area contributed by atoms with Crippen LogP contribution in [0.1, 0.15) is 18.3 Å². The van der Waals surface area contributed by atoms with Crippen molar-refractivity contribution >= 4 is 29.0 Å². The van der Waals surface area contributed by atoms with Crippen molar-refractivity contribution in [3.8, 4) is 5.75 Å². The Morgan fingerprint density at radius 3 is 2.67 bits per heavy atom. The zero-order valence-electron chi connectivity index (χ0n) is 16.6. The molecular formula is C20H21N5O4S. The molecule has 1 heterocycles. The fourth-order valence-corrected chi connectivity index (χ4v) is 3.65. The third-order valence-electron chi connectivity index (χ3n) is 4.30. The fraction of sp³-hybridized carbons (Fsp3) is 0.250. The van der Waals surface area contributed by atoms with E-state index < -0.39 is 4.92 Å². The first-order valence-corrected chi connectivity index (χ1v) is 10.2. The number of non-ortho nitro benzene ring substituents is 1. The molecule has 0 atom stereocenters. The van der Waals surface area contributed by atoms with Gasteiger partial charge in [-0.2, -0.15) is 0 Å². The number of methoxy groups -OCH3 is 1. The molecule has 0 spiro atoms. The minimum Gasteiger partial charge on any atom is -0.497 e. The number of hydrogen-bond acceptors (Lipinski definition) is 7. The normalized spacial score (nSPS) is 10.6. The number of rotatable bonds is 9. The van der Waals surface area contributed by atoms with E-state index in [0.29, 0.717) is 23.8 Å². The first kappa shape index (κ1) is 21.3. The number of nitro benzene ring substituents is 1. The SMILES string of the molecule is CCn1c(Cc2ccc(OC)cc2)nnc1SCC(=O)Nc1cccc([N+](=O)[O-])c1. The van der Waals surface area contributed by atoms with Crippen molar-refractivity contribution in [2.75, 3.05) is 18.2 Å². The van der Waals surface area contributed by atoms with Gasteiger partial charge in [-0.15, -0.1) is 10.2 Å². The van der Waals surface area contributed by atoms with Gasteiger partial charge in [-0.1, -0.05) is 30.0 Å². The van der Waals surface area contributed by atoms with E-state index in [1.165, 1.54) is 30.0 Å². The molecule has 0 aliphatic rings. The summed E-state index contributed by atoms with van der Waals surface area (Å²) in [6.07, 6.45) is 0.616. The fourth-order valence-electron chi connectivity index (χ4n) is 2.82. The van der Waals surface area contributed by atoms with Crippen molar-refractivity contribution in [1.82, 2.24) is 14.8 Å². The predicted molar refractivity (Wildman–Crippen MR) is 114 cm³/mol. The maximum Gasteiger partial charge on any atom is 0.271 e. The molecule has 0 saturated heterocycles. The van der Waals surface area contributed by atoms with Crippen LogP contribution in [0.2, 0.25) is 0 Å². The first-order valence-electron chi connectivity index (χ1n) is 9.22. The topological polar surface area (TPSA) is 112 Å². The van der Waals surface area contributed by atoms with Crippen molar-refractivity contribution in [1.29, 1.82) is 0 Å². The van der Waals surface area contributed by atoms with Crippen molar-refractivity contribution in [2.24, 2.45) is 0 Å². The summed E-state index contributed by atoms with van der Waals surface area (Å²) in [7, 11) is 1.63. The van der Waals surface area contributed by atoms with Crippen molar-refractivity contribution in [2.45, 2.75) is 25.0 Å². The summed E-state index contributed by atoms with van der Waals surface area (Å²) in [5.74, 6) is 1.44. The van der Waals surface area contributed by atoms with Crippen LogP contribution in [-0.4, -0.2) is 38.5 Å². The maximum atomic E-state index is 12.3. The Morgan fingerprint density at radius 1 is 1.23 bits per heavy atom.